The van der Waals surface area contributed by atoms with Crippen LogP contribution in [0.25, 0.3) is 22.3 Å². The number of carboxylic acid groups (broad SMARTS) is 1. The summed E-state index contributed by atoms with van der Waals surface area (Å²) in [6, 6.07) is 15.7. The van der Waals surface area contributed by atoms with Crippen LogP contribution in [0.4, 0.5) is 11.6 Å². The van der Waals surface area contributed by atoms with Gasteiger partial charge in [0.2, 0.25) is 0 Å². The molecule has 22 nitrogen and oxygen atoms in total. The Kier molecular flexibility index (Phi) is 23.0. The third-order valence-electron chi connectivity index (χ3n) is 9.43. The first kappa shape index (κ1) is 55.4. The molecule has 0 spiro atoms. The number of carbonyl (C=O) groups excluding carboxylic acids is 1. The number of hydrogen-bond donors (Lipinski definition) is 6. The molecule has 4 heterocycles. The van der Waals surface area contributed by atoms with Crippen LogP contribution in [0.15, 0.2) is 82.4 Å². The van der Waals surface area contributed by atoms with Crippen molar-refractivity contribution < 1.29 is 33.6 Å². The van der Waals surface area contributed by atoms with Crippen molar-refractivity contribution in [3.8, 4) is 12.0 Å². The number of nitrogen functional groups attached to an aromatic ring is 2. The number of nitrogens with one attached hydrogen (secondary N) is 2. The maximum absolute atomic E-state index is 12.5. The van der Waals surface area contributed by atoms with Crippen molar-refractivity contribution in [2.75, 3.05) is 93.4 Å². The number of fused-ring (bicyclic) bond motifs is 2. The molecule has 0 aliphatic carbocycles. The van der Waals surface area contributed by atoms with Crippen molar-refractivity contribution >= 4 is 58.1 Å². The van der Waals surface area contributed by atoms with Crippen molar-refractivity contribution in [2.24, 2.45) is 5.73 Å². The molecule has 368 valence electrons. The second-order valence-electron chi connectivity index (χ2n) is 15.4. The zero-order valence-corrected chi connectivity index (χ0v) is 40.0. The molecule has 0 aliphatic heterocycles. The number of halogens is 1. The number of carboxylic acids is 1. The van der Waals surface area contributed by atoms with Gasteiger partial charge in [-0.25, -0.2) is 14.4 Å². The van der Waals surface area contributed by atoms with Gasteiger partial charge < -0.3 is 61.0 Å². The normalized spacial score (nSPS) is 11.2. The highest BCUT2D eigenvalue weighted by Crippen LogP contribution is 2.20. The van der Waals surface area contributed by atoms with Gasteiger partial charge in [-0.05, 0) is 62.9 Å². The number of nitrogens with two attached hydrogens (primary N) is 3. The summed E-state index contributed by atoms with van der Waals surface area (Å²) < 4.78 is 23.7. The first-order chi connectivity index (χ1) is 32.1. The molecule has 23 heteroatoms. The number of H-pyrrole nitrogens is 2. The van der Waals surface area contributed by atoms with Gasteiger partial charge in [-0.1, -0.05) is 60.7 Å². The van der Waals surface area contributed by atoms with E-state index in [0.717, 1.165) is 34.9 Å². The number of carbonyl (C=O) groups is 2. The van der Waals surface area contributed by atoms with E-state index < -0.39 is 5.97 Å². The largest absolute Gasteiger partial charge is 0.478 e. The molecular weight excluding hydrogens is 902 g/mol. The van der Waals surface area contributed by atoms with E-state index in [4.69, 9.17) is 41.3 Å². The minimum atomic E-state index is -0.892. The van der Waals surface area contributed by atoms with Crippen LogP contribution < -0.4 is 38.1 Å². The predicted octanol–water partition coefficient (Wildman–Crippen LogP) is 2.24. The van der Waals surface area contributed by atoms with E-state index in [1.807, 2.05) is 92.6 Å². The fourth-order valence-electron chi connectivity index (χ4n) is 5.98. The number of allylic oxidation sites excluding steroid dienone is 1. The highest BCUT2D eigenvalue weighted by atomic mass is 35.5. The molecule has 0 radical (unpaired) electrons. The number of likely N-dealkylation sites (N-methyl/N-ethyl adjacent to an activating group) is 2. The number of benzene rings is 2. The molecule has 4 aromatic heterocycles. The van der Waals surface area contributed by atoms with Gasteiger partial charge in [-0.15, -0.1) is 12.4 Å². The highest BCUT2D eigenvalue weighted by molar-refractivity contribution is 5.89. The number of rotatable bonds is 22. The quantitative estimate of drug-likeness (QED) is 0.0420. The van der Waals surface area contributed by atoms with Crippen LogP contribution >= 0.6 is 12.4 Å². The lowest BCUT2D eigenvalue weighted by molar-refractivity contribution is -0.131. The Labute approximate surface area is 399 Å². The van der Waals surface area contributed by atoms with Crippen LogP contribution in [0.2, 0.25) is 0 Å². The van der Waals surface area contributed by atoms with E-state index in [2.05, 4.69) is 29.9 Å². The Morgan fingerprint density at radius 2 is 1.07 bits per heavy atom. The molecule has 6 aromatic rings. The summed E-state index contributed by atoms with van der Waals surface area (Å²) in [7, 11) is 10.8. The van der Waals surface area contributed by atoms with Gasteiger partial charge in [0, 0.05) is 46.4 Å². The number of ketones is 1. The maximum atomic E-state index is 12.5. The molecule has 0 amide bonds. The minimum absolute atomic E-state index is 0. The van der Waals surface area contributed by atoms with Crippen molar-refractivity contribution in [3.05, 3.63) is 116 Å². The average molecular weight is 965 g/mol. The summed E-state index contributed by atoms with van der Waals surface area (Å²) >= 11 is 0. The average Bonchev–Trinajstić information content (AvgIpc) is 3.78. The zero-order valence-electron chi connectivity index (χ0n) is 39.1. The summed E-state index contributed by atoms with van der Waals surface area (Å²) in [5, 5.41) is 8.12. The monoisotopic (exact) mass is 963 g/mol. The van der Waals surface area contributed by atoms with Crippen LogP contribution in [0, 0.1) is 0 Å². The smallest absolute Gasteiger partial charge is 0.328 e. The Morgan fingerprint density at radius 3 is 1.47 bits per heavy atom. The molecular formula is C45H62ClN13O9. The topological polar surface area (TPSA) is 303 Å². The molecule has 0 aliphatic rings. The molecule has 0 saturated heterocycles. The summed E-state index contributed by atoms with van der Waals surface area (Å²) in [5.41, 5.74) is 22.3. The van der Waals surface area contributed by atoms with Crippen LogP contribution in [0.1, 0.15) is 28.7 Å². The Hall–Kier alpha value is -6.95. The third-order valence-corrected chi connectivity index (χ3v) is 9.43. The van der Waals surface area contributed by atoms with Crippen molar-refractivity contribution in [1.82, 2.24) is 48.8 Å². The Morgan fingerprint density at radius 1 is 0.662 bits per heavy atom. The van der Waals surface area contributed by atoms with Crippen LogP contribution in [-0.2, 0) is 45.1 Å². The van der Waals surface area contributed by atoms with Crippen LogP contribution in [-0.4, -0.2) is 148 Å². The number of methoxy groups -OCH3 is 2. The second kappa shape index (κ2) is 28.3. The molecule has 6 rings (SSSR count). The van der Waals surface area contributed by atoms with Crippen molar-refractivity contribution in [1.29, 1.82) is 0 Å². The maximum Gasteiger partial charge on any atom is 0.328 e. The van der Waals surface area contributed by atoms with E-state index in [9.17, 15) is 19.2 Å². The van der Waals surface area contributed by atoms with Gasteiger partial charge in [-0.3, -0.25) is 13.9 Å². The van der Waals surface area contributed by atoms with Gasteiger partial charge in [0.25, 0.3) is 0 Å². The number of anilines is 2. The summed E-state index contributed by atoms with van der Waals surface area (Å²) in [5.74, 6) is -0.487. The summed E-state index contributed by atoms with van der Waals surface area (Å²) in [6.07, 6.45) is 7.35. The fraction of sp³-hybridized carbons (Fsp3) is 0.378. The zero-order chi connectivity index (χ0) is 48.9. The Balaban J connectivity index is 0.000000309. The molecule has 0 unspecified atom stereocenters. The van der Waals surface area contributed by atoms with E-state index in [1.54, 1.807) is 26.4 Å². The summed E-state index contributed by atoms with van der Waals surface area (Å²) in [4.78, 5) is 72.7. The number of imidazole rings is 2. The molecule has 2 aromatic carbocycles. The van der Waals surface area contributed by atoms with Gasteiger partial charge in [0.05, 0.1) is 26.3 Å². The molecule has 68 heavy (non-hydrogen) atoms. The van der Waals surface area contributed by atoms with Crippen molar-refractivity contribution in [2.45, 2.75) is 32.5 Å². The van der Waals surface area contributed by atoms with Crippen molar-refractivity contribution in [3.63, 3.8) is 0 Å². The van der Waals surface area contributed by atoms with Crippen LogP contribution in [0.3, 0.4) is 0 Å². The lowest BCUT2D eigenvalue weighted by atomic mass is 10.1. The number of ether oxygens (including phenoxy) is 4. The number of hydrogen-bond acceptors (Lipinski definition) is 17. The second-order valence-corrected chi connectivity index (χ2v) is 15.4. The number of aryl methyl sites for hydroxylation is 1. The summed E-state index contributed by atoms with van der Waals surface area (Å²) in [6.45, 7) is 3.87. The van der Waals surface area contributed by atoms with E-state index in [-0.39, 0.29) is 66.4 Å². The lowest BCUT2D eigenvalue weighted by Crippen LogP contribution is -2.18. The van der Waals surface area contributed by atoms with E-state index in [0.29, 0.717) is 74.6 Å². The van der Waals surface area contributed by atoms with E-state index >= 15 is 0 Å². The first-order valence-corrected chi connectivity index (χ1v) is 21.1. The first-order valence-electron chi connectivity index (χ1n) is 21.1. The molecule has 0 fully saturated rings. The molecule has 0 atom stereocenters. The molecule has 0 saturated carbocycles. The standard InChI is InChI=1S/C23H30N6O4.C16H20N6O3.C6H11NO2.ClH/c1-28(2)12-4-5-18(30)11-10-16-6-8-17(9-7-16)15-29-21-19(25-23(29)31)20(24)26-22(27-21)33-14-13-32-3;1-24-6-7-25-15-20-13(18)12-14(21-15)22(16(23)19-12)9-11-4-2-10(8-17)3-5-11;1-7(2)5-3-4-6(8)9;/h4-9H,10-15H2,1-3H3,(H,25,31)(H2,24,26,27);2-5H,6-9,17H2,1H3,(H,19,23)(H2,18,20,21);3-4H,5H2,1-2H3,(H,8,9);1H/b5-4+;;4-3+;. The lowest BCUT2D eigenvalue weighted by Gasteiger charge is -2.07. The van der Waals surface area contributed by atoms with Gasteiger partial charge in [0.1, 0.15) is 24.2 Å². The minimum Gasteiger partial charge on any atom is -0.478 e. The molecule has 0 bridgehead atoms. The number of aromatic nitrogens is 8. The van der Waals surface area contributed by atoms with Gasteiger partial charge in [0.15, 0.2) is 28.7 Å². The van der Waals surface area contributed by atoms with Gasteiger partial charge in [-0.2, -0.15) is 19.9 Å². The van der Waals surface area contributed by atoms with E-state index in [1.165, 1.54) is 9.13 Å². The number of aromatic amines is 2. The fourth-order valence-corrected chi connectivity index (χ4v) is 5.98. The number of nitrogens with zero attached hydrogens (tertiary/aromatic N) is 8. The SMILES string of the molecule is CN(C)C/C=C/C(=O)O.COCCOc1nc(N)c2[nH]c(=O)n(Cc3ccc(CCC(=O)/C=C/CN(C)C)cc3)c2n1.COCCOc1nc(N)c2[nH]c(=O)n(Cc3ccc(CN)cc3)c2n1.Cl. The van der Waals surface area contributed by atoms with Crippen LogP contribution in [0.5, 0.6) is 12.0 Å². The predicted molar refractivity (Wildman–Crippen MR) is 262 cm³/mol. The third kappa shape index (κ3) is 17.7. The van der Waals surface area contributed by atoms with Gasteiger partial charge >= 0.3 is 29.4 Å². The number of aliphatic carboxylic acids is 1. The highest BCUT2D eigenvalue weighted by Gasteiger charge is 2.17. The molecule has 9 N–H and O–H groups in total. The Bertz CT molecular complexity index is 2690.